The summed E-state index contributed by atoms with van der Waals surface area (Å²) in [7, 11) is 4.24. The van der Waals surface area contributed by atoms with E-state index in [1.807, 2.05) is 18.7 Å². The number of likely N-dealkylation sites (N-methyl/N-ethyl adjacent to an activating group) is 1. The number of amides is 2. The second kappa shape index (κ2) is 10.1. The van der Waals surface area contributed by atoms with Gasteiger partial charge in [-0.25, -0.2) is 9.78 Å². The first-order chi connectivity index (χ1) is 13.1. The molecule has 1 unspecified atom stereocenters. The van der Waals surface area contributed by atoms with Gasteiger partial charge in [-0.05, 0) is 52.6 Å². The Bertz CT molecular complexity index is 553. The number of carbonyl (C=O) groups is 1. The lowest BCUT2D eigenvalue weighted by Gasteiger charge is -2.38. The van der Waals surface area contributed by atoms with Crippen LogP contribution >= 0.6 is 0 Å². The molecule has 7 nitrogen and oxygen atoms in total. The molecule has 1 atom stereocenters. The Morgan fingerprint density at radius 1 is 1.15 bits per heavy atom. The first-order valence-corrected chi connectivity index (χ1v) is 10.5. The minimum Gasteiger partial charge on any atom is -0.337 e. The molecule has 3 heterocycles. The van der Waals surface area contributed by atoms with E-state index in [-0.39, 0.29) is 6.03 Å². The van der Waals surface area contributed by atoms with Crippen LogP contribution in [-0.2, 0) is 6.54 Å². The lowest BCUT2D eigenvalue weighted by Crippen LogP contribution is -2.53. The van der Waals surface area contributed by atoms with E-state index in [1.54, 1.807) is 0 Å². The van der Waals surface area contributed by atoms with Crippen LogP contribution < -0.4 is 5.32 Å². The Balaban J connectivity index is 1.43. The Kier molecular flexibility index (Phi) is 7.52. The van der Waals surface area contributed by atoms with Crippen molar-refractivity contribution in [1.29, 1.82) is 0 Å². The van der Waals surface area contributed by atoms with Gasteiger partial charge in [0.25, 0.3) is 0 Å². The molecule has 0 saturated carbocycles. The maximum absolute atomic E-state index is 12.9. The van der Waals surface area contributed by atoms with E-state index in [0.717, 1.165) is 71.4 Å². The summed E-state index contributed by atoms with van der Waals surface area (Å²) in [5.74, 6) is 0. The van der Waals surface area contributed by atoms with Crippen molar-refractivity contribution >= 4 is 6.03 Å². The fourth-order valence-corrected chi connectivity index (χ4v) is 4.19. The molecule has 1 aromatic rings. The van der Waals surface area contributed by atoms with Crippen LogP contribution in [0.1, 0.15) is 38.5 Å². The molecule has 2 amide bonds. The third kappa shape index (κ3) is 6.21. The van der Waals surface area contributed by atoms with Gasteiger partial charge in [-0.2, -0.15) is 0 Å². The van der Waals surface area contributed by atoms with Gasteiger partial charge < -0.3 is 24.6 Å². The molecule has 27 heavy (non-hydrogen) atoms. The number of hydrogen-bond donors (Lipinski definition) is 1. The van der Waals surface area contributed by atoms with Gasteiger partial charge >= 0.3 is 6.03 Å². The number of nitrogens with one attached hydrogen (secondary N) is 1. The fraction of sp³-hybridized carbons (Fsp3) is 0.800. The molecule has 2 aliphatic rings. The van der Waals surface area contributed by atoms with E-state index in [9.17, 15) is 4.79 Å². The van der Waals surface area contributed by atoms with E-state index in [1.165, 1.54) is 6.42 Å². The van der Waals surface area contributed by atoms with Gasteiger partial charge in [-0.1, -0.05) is 0 Å². The topological polar surface area (TPSA) is 56.6 Å². The summed E-state index contributed by atoms with van der Waals surface area (Å²) in [4.78, 5) is 23.9. The molecule has 0 radical (unpaired) electrons. The largest absolute Gasteiger partial charge is 0.337 e. The molecular formula is C20H36N6O. The molecule has 7 heteroatoms. The van der Waals surface area contributed by atoms with E-state index in [2.05, 4.69) is 43.7 Å². The van der Waals surface area contributed by atoms with Crippen LogP contribution in [0.25, 0.3) is 0 Å². The van der Waals surface area contributed by atoms with E-state index < -0.39 is 0 Å². The highest BCUT2D eigenvalue weighted by Gasteiger charge is 2.29. The van der Waals surface area contributed by atoms with Crippen LogP contribution in [0, 0.1) is 0 Å². The second-order valence-corrected chi connectivity index (χ2v) is 8.30. The van der Waals surface area contributed by atoms with Crippen molar-refractivity contribution in [3.63, 3.8) is 0 Å². The summed E-state index contributed by atoms with van der Waals surface area (Å²) >= 11 is 0. The highest BCUT2D eigenvalue weighted by Crippen LogP contribution is 2.21. The maximum atomic E-state index is 12.9. The van der Waals surface area contributed by atoms with Gasteiger partial charge in [0.15, 0.2) is 0 Å². The van der Waals surface area contributed by atoms with Gasteiger partial charge in [0.1, 0.15) is 0 Å². The average Bonchev–Trinajstić information content (AvgIpc) is 3.19. The minimum absolute atomic E-state index is 0.150. The van der Waals surface area contributed by atoms with Crippen LogP contribution in [0.15, 0.2) is 18.7 Å². The minimum atomic E-state index is 0.150. The molecule has 0 bridgehead atoms. The summed E-state index contributed by atoms with van der Waals surface area (Å²) in [6.07, 6.45) is 12.3. The smallest absolute Gasteiger partial charge is 0.317 e. The molecule has 2 saturated heterocycles. The number of nitrogens with zero attached hydrogens (tertiary/aromatic N) is 5. The Hall–Kier alpha value is -1.60. The summed E-state index contributed by atoms with van der Waals surface area (Å²) in [5, 5.41) is 3.33. The van der Waals surface area contributed by atoms with Crippen molar-refractivity contribution in [3.8, 4) is 0 Å². The van der Waals surface area contributed by atoms with Crippen molar-refractivity contribution in [2.24, 2.45) is 0 Å². The van der Waals surface area contributed by atoms with Gasteiger partial charge in [-0.15, -0.1) is 0 Å². The third-order valence-electron chi connectivity index (χ3n) is 5.95. The maximum Gasteiger partial charge on any atom is 0.317 e. The van der Waals surface area contributed by atoms with Crippen LogP contribution in [0.3, 0.4) is 0 Å². The lowest BCUT2D eigenvalue weighted by molar-refractivity contribution is 0.132. The number of hydrogen-bond acceptors (Lipinski definition) is 4. The molecule has 2 fully saturated rings. The summed E-state index contributed by atoms with van der Waals surface area (Å²) in [5.41, 5.74) is 0. The monoisotopic (exact) mass is 376 g/mol. The summed E-state index contributed by atoms with van der Waals surface area (Å²) in [6.45, 7) is 6.21. The van der Waals surface area contributed by atoms with Crippen LogP contribution in [0.4, 0.5) is 4.79 Å². The Morgan fingerprint density at radius 3 is 2.67 bits per heavy atom. The molecule has 1 aromatic heterocycles. The normalized spacial score (nSPS) is 22.3. The van der Waals surface area contributed by atoms with E-state index >= 15 is 0 Å². The molecule has 152 valence electrons. The summed E-state index contributed by atoms with van der Waals surface area (Å²) < 4.78 is 2.11. The second-order valence-electron chi connectivity index (χ2n) is 8.30. The van der Waals surface area contributed by atoms with Crippen molar-refractivity contribution in [2.75, 3.05) is 46.8 Å². The van der Waals surface area contributed by atoms with E-state index in [4.69, 9.17) is 0 Å². The van der Waals surface area contributed by atoms with Gasteiger partial charge in [0, 0.05) is 63.7 Å². The average molecular weight is 377 g/mol. The lowest BCUT2D eigenvalue weighted by atomic mass is 9.99. The highest BCUT2D eigenvalue weighted by atomic mass is 16.2. The first-order valence-electron chi connectivity index (χ1n) is 10.5. The zero-order valence-corrected chi connectivity index (χ0v) is 17.0. The number of imidazole rings is 1. The zero-order chi connectivity index (χ0) is 19.1. The molecule has 3 rings (SSSR count). The number of likely N-dealkylation sites (tertiary alicyclic amines) is 2. The summed E-state index contributed by atoms with van der Waals surface area (Å²) in [6, 6.07) is 0.822. The van der Waals surface area contributed by atoms with Gasteiger partial charge in [0.05, 0.1) is 6.33 Å². The quantitative estimate of drug-likeness (QED) is 0.789. The van der Waals surface area contributed by atoms with Crippen molar-refractivity contribution in [2.45, 2.75) is 57.2 Å². The van der Waals surface area contributed by atoms with Crippen molar-refractivity contribution in [3.05, 3.63) is 18.7 Å². The fourth-order valence-electron chi connectivity index (χ4n) is 4.19. The number of carbonyl (C=O) groups excluding carboxylic acids is 1. The van der Waals surface area contributed by atoms with Crippen molar-refractivity contribution < 1.29 is 4.79 Å². The molecule has 0 spiro atoms. The first kappa shape index (κ1) is 20.1. The predicted molar refractivity (Wildman–Crippen MR) is 108 cm³/mol. The molecule has 0 aromatic carbocycles. The predicted octanol–water partition coefficient (Wildman–Crippen LogP) is 1.86. The Labute approximate surface area is 163 Å². The highest BCUT2D eigenvalue weighted by molar-refractivity contribution is 5.75. The number of rotatable bonds is 7. The van der Waals surface area contributed by atoms with Crippen LogP contribution in [0.5, 0.6) is 0 Å². The molecule has 1 N–H and O–H groups in total. The number of aryl methyl sites for hydroxylation is 1. The van der Waals surface area contributed by atoms with E-state index in [0.29, 0.717) is 12.1 Å². The van der Waals surface area contributed by atoms with Gasteiger partial charge in [0.2, 0.25) is 0 Å². The van der Waals surface area contributed by atoms with Gasteiger partial charge in [-0.3, -0.25) is 0 Å². The SMILES string of the molecule is CN(C)CCN1CCC(NC(=O)N2CCCCC2CCn2ccnc2)CC1. The zero-order valence-electron chi connectivity index (χ0n) is 17.0. The van der Waals surface area contributed by atoms with Crippen molar-refractivity contribution in [1.82, 2.24) is 29.6 Å². The third-order valence-corrected chi connectivity index (χ3v) is 5.95. The van der Waals surface area contributed by atoms with Crippen LogP contribution in [0.2, 0.25) is 0 Å². The molecule has 0 aliphatic carbocycles. The van der Waals surface area contributed by atoms with Crippen LogP contribution in [-0.4, -0.2) is 89.2 Å². The number of piperidine rings is 2. The molecular weight excluding hydrogens is 340 g/mol. The number of aromatic nitrogens is 2. The number of urea groups is 1. The molecule has 2 aliphatic heterocycles. The Morgan fingerprint density at radius 2 is 1.96 bits per heavy atom. The standard InChI is InChI=1S/C20H36N6O/c1-23(2)15-16-24-11-6-18(7-12-24)22-20(27)26-10-4-3-5-19(26)8-13-25-14-9-21-17-25/h9,14,17-19H,3-8,10-13,15-16H2,1-2H3,(H,22,27).